The molecule has 0 aromatic carbocycles. The van der Waals surface area contributed by atoms with Crippen LogP contribution in [0.25, 0.3) is 0 Å². The first kappa shape index (κ1) is 22.1. The van der Waals surface area contributed by atoms with Crippen LogP contribution in [0.4, 0.5) is 0 Å². The molecule has 1 saturated carbocycles. The molecule has 2 heterocycles. The van der Waals surface area contributed by atoms with Gasteiger partial charge in [-0.3, -0.25) is 9.89 Å². The van der Waals surface area contributed by atoms with Crippen molar-refractivity contribution in [3.05, 3.63) is 18.2 Å². The highest BCUT2D eigenvalue weighted by Gasteiger charge is 2.34. The Morgan fingerprint density at radius 3 is 2.66 bits per heavy atom. The molecule has 0 amide bonds. The van der Waals surface area contributed by atoms with Gasteiger partial charge in [-0.1, -0.05) is 19.3 Å². The van der Waals surface area contributed by atoms with Crippen molar-refractivity contribution in [3.63, 3.8) is 0 Å². The number of hydrogen-bond acceptors (Lipinski definition) is 4. The third-order valence-corrected chi connectivity index (χ3v) is 6.47. The largest absolute Gasteiger partial charge is 0.379 e. The fourth-order valence-corrected chi connectivity index (χ4v) is 4.67. The van der Waals surface area contributed by atoms with Crippen LogP contribution in [0.5, 0.6) is 0 Å². The molecule has 2 aliphatic rings. The van der Waals surface area contributed by atoms with Gasteiger partial charge in [0.2, 0.25) is 0 Å². The summed E-state index contributed by atoms with van der Waals surface area (Å²) in [5.41, 5.74) is 0.367. The van der Waals surface area contributed by atoms with Gasteiger partial charge in [0.25, 0.3) is 0 Å². The van der Waals surface area contributed by atoms with E-state index < -0.39 is 0 Å². The topological polar surface area (TPSA) is 66.7 Å². The van der Waals surface area contributed by atoms with Gasteiger partial charge in [-0.25, -0.2) is 4.98 Å². The number of rotatable bonds is 9. The number of ether oxygens (including phenoxy) is 1. The van der Waals surface area contributed by atoms with Crippen LogP contribution in [0, 0.1) is 12.3 Å². The summed E-state index contributed by atoms with van der Waals surface area (Å²) in [5, 5.41) is 7.15. The van der Waals surface area contributed by atoms with Gasteiger partial charge in [0.05, 0.1) is 13.2 Å². The van der Waals surface area contributed by atoms with Gasteiger partial charge in [0.15, 0.2) is 5.96 Å². The molecule has 7 heteroatoms. The summed E-state index contributed by atoms with van der Waals surface area (Å²) >= 11 is 0. The van der Waals surface area contributed by atoms with Crippen LogP contribution in [-0.2, 0) is 11.3 Å². The van der Waals surface area contributed by atoms with Crippen molar-refractivity contribution in [3.8, 4) is 0 Å². The number of nitrogens with one attached hydrogen (secondary N) is 2. The van der Waals surface area contributed by atoms with Gasteiger partial charge in [-0.05, 0) is 32.6 Å². The summed E-state index contributed by atoms with van der Waals surface area (Å²) in [6, 6.07) is 0. The van der Waals surface area contributed by atoms with Crippen molar-refractivity contribution in [2.75, 3.05) is 53.0 Å². The molecule has 2 fully saturated rings. The van der Waals surface area contributed by atoms with Crippen molar-refractivity contribution < 1.29 is 4.74 Å². The SMILES string of the molecule is CN=C(NCCCCn1ccnc1C)NCC1(CN2CCOCC2)CCCCC1. The predicted octanol–water partition coefficient (Wildman–Crippen LogP) is 2.42. The maximum absolute atomic E-state index is 5.54. The Morgan fingerprint density at radius 1 is 1.17 bits per heavy atom. The zero-order valence-corrected chi connectivity index (χ0v) is 18.5. The third kappa shape index (κ3) is 7.00. The molecule has 0 radical (unpaired) electrons. The predicted molar refractivity (Wildman–Crippen MR) is 118 cm³/mol. The second kappa shape index (κ2) is 11.6. The molecular weight excluding hydrogens is 364 g/mol. The average Bonchev–Trinajstić information content (AvgIpc) is 3.16. The van der Waals surface area contributed by atoms with Crippen LogP contribution in [0.1, 0.15) is 50.8 Å². The molecule has 3 rings (SSSR count). The second-order valence-corrected chi connectivity index (χ2v) is 8.68. The maximum Gasteiger partial charge on any atom is 0.190 e. The smallest absolute Gasteiger partial charge is 0.190 e. The minimum atomic E-state index is 0.367. The van der Waals surface area contributed by atoms with Crippen molar-refractivity contribution in [1.29, 1.82) is 0 Å². The van der Waals surface area contributed by atoms with E-state index in [4.69, 9.17) is 4.74 Å². The summed E-state index contributed by atoms with van der Waals surface area (Å²) in [7, 11) is 1.87. The highest BCUT2D eigenvalue weighted by Crippen LogP contribution is 2.36. The summed E-state index contributed by atoms with van der Waals surface area (Å²) in [6.07, 6.45) is 12.9. The van der Waals surface area contributed by atoms with Crippen LogP contribution < -0.4 is 10.6 Å². The molecular formula is C22H40N6O. The molecule has 1 aliphatic heterocycles. The highest BCUT2D eigenvalue weighted by atomic mass is 16.5. The van der Waals surface area contributed by atoms with E-state index in [2.05, 4.69) is 43.2 Å². The van der Waals surface area contributed by atoms with Crippen LogP contribution in [-0.4, -0.2) is 73.4 Å². The van der Waals surface area contributed by atoms with Gasteiger partial charge in [0.1, 0.15) is 5.82 Å². The number of unbranched alkanes of at least 4 members (excludes halogenated alkanes) is 1. The number of imidazole rings is 1. The lowest BCUT2D eigenvalue weighted by molar-refractivity contribution is 0.00820. The van der Waals surface area contributed by atoms with Crippen molar-refractivity contribution in [2.24, 2.45) is 10.4 Å². The first-order valence-corrected chi connectivity index (χ1v) is 11.4. The van der Waals surface area contributed by atoms with Gasteiger partial charge in [-0.2, -0.15) is 0 Å². The van der Waals surface area contributed by atoms with Crippen LogP contribution in [0.15, 0.2) is 17.4 Å². The molecule has 1 aromatic heterocycles. The minimum Gasteiger partial charge on any atom is -0.379 e. The molecule has 1 aliphatic carbocycles. The monoisotopic (exact) mass is 404 g/mol. The normalized spacial score (nSPS) is 20.6. The minimum absolute atomic E-state index is 0.367. The molecule has 164 valence electrons. The van der Waals surface area contributed by atoms with Crippen LogP contribution >= 0.6 is 0 Å². The molecule has 0 unspecified atom stereocenters. The third-order valence-electron chi connectivity index (χ3n) is 6.47. The highest BCUT2D eigenvalue weighted by molar-refractivity contribution is 5.79. The van der Waals surface area contributed by atoms with E-state index in [0.717, 1.165) is 70.6 Å². The maximum atomic E-state index is 5.54. The number of aromatic nitrogens is 2. The lowest BCUT2D eigenvalue weighted by Gasteiger charge is -2.42. The Kier molecular flexibility index (Phi) is 8.80. The lowest BCUT2D eigenvalue weighted by atomic mass is 9.73. The second-order valence-electron chi connectivity index (χ2n) is 8.68. The first-order chi connectivity index (χ1) is 14.2. The number of aliphatic imine (C=N–C) groups is 1. The molecule has 29 heavy (non-hydrogen) atoms. The Morgan fingerprint density at radius 2 is 1.97 bits per heavy atom. The molecule has 0 spiro atoms. The Balaban J connectivity index is 1.40. The van der Waals surface area contributed by atoms with E-state index in [9.17, 15) is 0 Å². The van der Waals surface area contributed by atoms with Crippen LogP contribution in [0.2, 0.25) is 0 Å². The first-order valence-electron chi connectivity index (χ1n) is 11.4. The summed E-state index contributed by atoms with van der Waals surface area (Å²) in [4.78, 5) is 11.3. The van der Waals surface area contributed by atoms with E-state index in [1.165, 1.54) is 38.6 Å². The summed E-state index contributed by atoms with van der Waals surface area (Å²) in [5.74, 6) is 2.03. The van der Waals surface area contributed by atoms with E-state index in [0.29, 0.717) is 5.41 Å². The van der Waals surface area contributed by atoms with Crippen molar-refractivity contribution in [2.45, 2.75) is 58.4 Å². The Hall–Kier alpha value is -1.60. The number of aryl methyl sites for hydroxylation is 2. The molecule has 1 aromatic rings. The zero-order valence-electron chi connectivity index (χ0n) is 18.5. The molecule has 2 N–H and O–H groups in total. The number of hydrogen-bond donors (Lipinski definition) is 2. The Bertz CT molecular complexity index is 617. The zero-order chi connectivity index (χ0) is 20.4. The fraction of sp³-hybridized carbons (Fsp3) is 0.818. The van der Waals surface area contributed by atoms with E-state index in [1.54, 1.807) is 0 Å². The van der Waals surface area contributed by atoms with Gasteiger partial charge in [-0.15, -0.1) is 0 Å². The Labute approximate surface area is 176 Å². The number of guanidine groups is 1. The van der Waals surface area contributed by atoms with Gasteiger partial charge >= 0.3 is 0 Å². The lowest BCUT2D eigenvalue weighted by Crippen LogP contribution is -2.51. The molecule has 1 saturated heterocycles. The standard InChI is InChI=1S/C22H40N6O/c1-20-24-11-13-28(20)12-7-6-10-25-21(23-2)26-18-22(8-4-3-5-9-22)19-27-14-16-29-17-15-27/h11,13H,3-10,12,14-19H2,1-2H3,(H2,23,25,26). The molecule has 7 nitrogen and oxygen atoms in total. The number of nitrogens with zero attached hydrogens (tertiary/aromatic N) is 4. The van der Waals surface area contributed by atoms with Crippen molar-refractivity contribution in [1.82, 2.24) is 25.1 Å². The van der Waals surface area contributed by atoms with Crippen molar-refractivity contribution >= 4 is 5.96 Å². The summed E-state index contributed by atoms with van der Waals surface area (Å²) in [6.45, 7) is 10.1. The quantitative estimate of drug-likeness (QED) is 0.376. The number of morpholine rings is 1. The van der Waals surface area contributed by atoms with E-state index >= 15 is 0 Å². The van der Waals surface area contributed by atoms with Crippen LogP contribution in [0.3, 0.4) is 0 Å². The summed E-state index contributed by atoms with van der Waals surface area (Å²) < 4.78 is 7.75. The average molecular weight is 405 g/mol. The van der Waals surface area contributed by atoms with Gasteiger partial charge in [0, 0.05) is 64.1 Å². The van der Waals surface area contributed by atoms with E-state index in [1.807, 2.05) is 13.2 Å². The van der Waals surface area contributed by atoms with E-state index in [-0.39, 0.29) is 0 Å². The molecule has 0 bridgehead atoms. The van der Waals surface area contributed by atoms with Gasteiger partial charge < -0.3 is 19.9 Å². The molecule has 0 atom stereocenters. The fourth-order valence-electron chi connectivity index (χ4n) is 4.67.